The largest absolute Gasteiger partial charge is 0.464 e. The van der Waals surface area contributed by atoms with Crippen molar-refractivity contribution in [1.29, 1.82) is 0 Å². The van der Waals surface area contributed by atoms with Crippen molar-refractivity contribution >= 4 is 17.8 Å². The molecular formula is C23H36N2O6. The van der Waals surface area contributed by atoms with Crippen LogP contribution in [0.25, 0.3) is 0 Å². The highest BCUT2D eigenvalue weighted by Crippen LogP contribution is 2.47. The van der Waals surface area contributed by atoms with E-state index in [1.54, 1.807) is 18.9 Å². The van der Waals surface area contributed by atoms with Crippen LogP contribution in [0.1, 0.15) is 52.4 Å². The second-order valence-electron chi connectivity index (χ2n) is 8.76. The molecule has 0 aromatic carbocycles. The van der Waals surface area contributed by atoms with Crippen LogP contribution >= 0.6 is 0 Å². The van der Waals surface area contributed by atoms with E-state index in [-0.39, 0.29) is 37.2 Å². The molecule has 0 saturated heterocycles. The molecule has 0 aromatic heterocycles. The Morgan fingerprint density at radius 1 is 1.19 bits per heavy atom. The molecule has 0 aromatic rings. The van der Waals surface area contributed by atoms with Crippen LogP contribution in [-0.2, 0) is 28.6 Å². The molecular weight excluding hydrogens is 400 g/mol. The highest BCUT2D eigenvalue weighted by molar-refractivity contribution is 5.95. The predicted molar refractivity (Wildman–Crippen MR) is 114 cm³/mol. The van der Waals surface area contributed by atoms with Crippen LogP contribution in [0.15, 0.2) is 12.2 Å². The van der Waals surface area contributed by atoms with Gasteiger partial charge in [-0.2, -0.15) is 0 Å². The van der Waals surface area contributed by atoms with Gasteiger partial charge in [-0.05, 0) is 52.4 Å². The van der Waals surface area contributed by atoms with E-state index >= 15 is 0 Å². The molecule has 8 nitrogen and oxygen atoms in total. The number of nitrogens with zero attached hydrogens (tertiary/aromatic N) is 1. The van der Waals surface area contributed by atoms with E-state index in [4.69, 9.17) is 14.2 Å². The summed E-state index contributed by atoms with van der Waals surface area (Å²) in [6.45, 7) is 5.25. The van der Waals surface area contributed by atoms with Crippen molar-refractivity contribution in [3.05, 3.63) is 12.2 Å². The molecule has 2 aliphatic carbocycles. The minimum absolute atomic E-state index is 0.0345. The predicted octanol–water partition coefficient (Wildman–Crippen LogP) is 2.03. The minimum Gasteiger partial charge on any atom is -0.464 e. The van der Waals surface area contributed by atoms with E-state index in [0.29, 0.717) is 32.4 Å². The number of hydrogen-bond donors (Lipinski definition) is 1. The number of carbonyl (C=O) groups excluding carboxylic acids is 3. The number of fused-ring (bicyclic) bond motifs is 2. The van der Waals surface area contributed by atoms with E-state index in [1.165, 1.54) is 0 Å². The molecule has 1 N–H and O–H groups in total. The van der Waals surface area contributed by atoms with Crippen LogP contribution in [0, 0.1) is 17.8 Å². The van der Waals surface area contributed by atoms with Gasteiger partial charge in [-0.25, -0.2) is 4.79 Å². The average Bonchev–Trinajstić information content (AvgIpc) is 3.27. The molecule has 2 saturated carbocycles. The highest BCUT2D eigenvalue weighted by Gasteiger charge is 2.62. The first-order chi connectivity index (χ1) is 14.9. The fourth-order valence-corrected chi connectivity index (χ4v) is 4.70. The second-order valence-corrected chi connectivity index (χ2v) is 8.76. The fourth-order valence-electron chi connectivity index (χ4n) is 4.70. The van der Waals surface area contributed by atoms with Crippen molar-refractivity contribution in [2.45, 2.75) is 64.0 Å². The molecule has 1 aliphatic heterocycles. The summed E-state index contributed by atoms with van der Waals surface area (Å²) in [4.78, 5) is 41.0. The van der Waals surface area contributed by atoms with Gasteiger partial charge in [0.2, 0.25) is 11.8 Å². The smallest absolute Gasteiger partial charge is 0.332 e. The molecule has 31 heavy (non-hydrogen) atoms. The first-order valence-electron chi connectivity index (χ1n) is 11.5. The molecule has 174 valence electrons. The van der Waals surface area contributed by atoms with E-state index in [2.05, 4.69) is 11.4 Å². The monoisotopic (exact) mass is 436 g/mol. The molecule has 0 spiro atoms. The molecule has 3 aliphatic rings. The molecule has 2 amide bonds. The van der Waals surface area contributed by atoms with Crippen LogP contribution in [0.5, 0.6) is 0 Å². The minimum atomic E-state index is -1.02. The van der Waals surface area contributed by atoms with Crippen molar-refractivity contribution in [3.63, 3.8) is 0 Å². The second kappa shape index (κ2) is 10.6. The van der Waals surface area contributed by atoms with Gasteiger partial charge in [0, 0.05) is 26.1 Å². The lowest BCUT2D eigenvalue weighted by Gasteiger charge is -2.26. The van der Waals surface area contributed by atoms with E-state index in [1.807, 2.05) is 13.0 Å². The zero-order valence-corrected chi connectivity index (χ0v) is 18.9. The van der Waals surface area contributed by atoms with Gasteiger partial charge in [-0.15, -0.1) is 0 Å². The Morgan fingerprint density at radius 3 is 2.71 bits per heavy atom. The zero-order chi connectivity index (χ0) is 22.4. The summed E-state index contributed by atoms with van der Waals surface area (Å²) in [5.74, 6) is -1.77. The molecule has 1 heterocycles. The molecule has 2 fully saturated rings. The van der Waals surface area contributed by atoms with E-state index in [9.17, 15) is 14.4 Å². The fraction of sp³-hybridized carbons (Fsp3) is 0.783. The van der Waals surface area contributed by atoms with Crippen molar-refractivity contribution < 1.29 is 28.6 Å². The lowest BCUT2D eigenvalue weighted by Crippen LogP contribution is -2.50. The van der Waals surface area contributed by atoms with Gasteiger partial charge in [-0.3, -0.25) is 9.59 Å². The molecule has 8 heteroatoms. The van der Waals surface area contributed by atoms with Crippen molar-refractivity contribution in [3.8, 4) is 0 Å². The summed E-state index contributed by atoms with van der Waals surface area (Å²) in [6, 6.07) is 0. The molecule has 0 radical (unpaired) electrons. The molecule has 3 rings (SSSR count). The Labute approximate surface area is 184 Å². The Hall–Kier alpha value is -1.93. The number of carbonyl (C=O) groups is 3. The number of rotatable bonds is 6. The van der Waals surface area contributed by atoms with Gasteiger partial charge in [0.1, 0.15) is 12.3 Å². The summed E-state index contributed by atoms with van der Waals surface area (Å²) < 4.78 is 16.3. The van der Waals surface area contributed by atoms with Gasteiger partial charge in [0.05, 0.1) is 24.5 Å². The maximum atomic E-state index is 13.3. The highest BCUT2D eigenvalue weighted by atomic mass is 16.7. The molecule has 0 bridgehead atoms. The van der Waals surface area contributed by atoms with Gasteiger partial charge in [0.25, 0.3) is 0 Å². The van der Waals surface area contributed by atoms with Crippen LogP contribution in [-0.4, -0.2) is 67.9 Å². The lowest BCUT2D eigenvalue weighted by atomic mass is 9.93. The van der Waals surface area contributed by atoms with Gasteiger partial charge in [-0.1, -0.05) is 12.2 Å². The van der Waals surface area contributed by atoms with Crippen molar-refractivity contribution in [2.24, 2.45) is 17.8 Å². The third kappa shape index (κ3) is 5.47. The van der Waals surface area contributed by atoms with Gasteiger partial charge >= 0.3 is 5.97 Å². The average molecular weight is 437 g/mol. The lowest BCUT2D eigenvalue weighted by molar-refractivity contribution is -0.150. The third-order valence-corrected chi connectivity index (χ3v) is 6.62. The van der Waals surface area contributed by atoms with Crippen LogP contribution in [0.3, 0.4) is 0 Å². The normalized spacial score (nSPS) is 34.9. The van der Waals surface area contributed by atoms with Gasteiger partial charge in [0.15, 0.2) is 0 Å². The summed E-state index contributed by atoms with van der Waals surface area (Å²) in [7, 11) is 1.80. The first kappa shape index (κ1) is 23.7. The quantitative estimate of drug-likeness (QED) is 0.296. The topological polar surface area (TPSA) is 94.2 Å². The Morgan fingerprint density at radius 2 is 1.97 bits per heavy atom. The van der Waals surface area contributed by atoms with E-state index in [0.717, 1.165) is 19.3 Å². The zero-order valence-electron chi connectivity index (χ0n) is 18.9. The number of nitrogens with one attached hydrogen (secondary N) is 1. The Kier molecular flexibility index (Phi) is 8.11. The van der Waals surface area contributed by atoms with Crippen molar-refractivity contribution in [2.75, 3.05) is 33.6 Å². The number of hydrogen-bond acceptors (Lipinski definition) is 6. The number of esters is 1. The molecule has 5 atom stereocenters. The van der Waals surface area contributed by atoms with Crippen LogP contribution < -0.4 is 5.32 Å². The number of ether oxygens (including phenoxy) is 3. The third-order valence-electron chi connectivity index (χ3n) is 6.62. The van der Waals surface area contributed by atoms with Crippen molar-refractivity contribution in [1.82, 2.24) is 10.2 Å². The summed E-state index contributed by atoms with van der Waals surface area (Å²) in [5.41, 5.74) is -1.02. The first-order valence-corrected chi connectivity index (χ1v) is 11.5. The number of amides is 2. The van der Waals surface area contributed by atoms with E-state index < -0.39 is 23.3 Å². The molecule has 5 unspecified atom stereocenters. The SMILES string of the molecule is CCOCOC1CC2C(=O)NC3(C(=O)OCC)CC3/C=C\CCCCN(C)C(=O)C2C1. The summed E-state index contributed by atoms with van der Waals surface area (Å²) in [5, 5.41) is 2.98. The van der Waals surface area contributed by atoms with Crippen LogP contribution in [0.4, 0.5) is 0 Å². The Balaban J connectivity index is 1.81. The maximum Gasteiger partial charge on any atom is 0.332 e. The van der Waals surface area contributed by atoms with Crippen LogP contribution in [0.2, 0.25) is 0 Å². The number of allylic oxidation sites excluding steroid dienone is 1. The Bertz CT molecular complexity index is 696. The van der Waals surface area contributed by atoms with Gasteiger partial charge < -0.3 is 24.4 Å². The maximum absolute atomic E-state index is 13.3. The summed E-state index contributed by atoms with van der Waals surface area (Å²) >= 11 is 0. The standard InChI is InChI=1S/C23H36N2O6/c1-4-29-15-31-17-12-18-19(13-17)21(27)25(3)11-9-7-6-8-10-16-14-23(16,24-20(18)26)22(28)30-5-2/h8,10,16-19H,4-7,9,11-15H2,1-3H3,(H,24,26)/b10-8-. The summed E-state index contributed by atoms with van der Waals surface area (Å²) in [6.07, 6.45) is 8.05.